The summed E-state index contributed by atoms with van der Waals surface area (Å²) in [6.07, 6.45) is 0. The van der Waals surface area contributed by atoms with E-state index in [-0.39, 0.29) is 0 Å². The second-order valence-electron chi connectivity index (χ2n) is 2.84. The number of nitrogens with zero attached hydrogens (tertiary/aromatic N) is 1. The van der Waals surface area contributed by atoms with Gasteiger partial charge in [0.2, 0.25) is 0 Å². The summed E-state index contributed by atoms with van der Waals surface area (Å²) in [7, 11) is 0. The highest BCUT2D eigenvalue weighted by molar-refractivity contribution is 9.11. The van der Waals surface area contributed by atoms with Crippen molar-refractivity contribution in [3.8, 4) is 6.07 Å². The van der Waals surface area contributed by atoms with Crippen LogP contribution in [-0.2, 0) is 5.88 Å². The molecule has 1 nitrogen and oxygen atoms in total. The van der Waals surface area contributed by atoms with Crippen LogP contribution in [0.2, 0.25) is 0 Å². The van der Waals surface area contributed by atoms with E-state index in [4.69, 9.17) is 16.9 Å². The number of thiophene rings is 1. The zero-order valence-electron chi connectivity index (χ0n) is 7.05. The second kappa shape index (κ2) is 3.90. The summed E-state index contributed by atoms with van der Waals surface area (Å²) in [4.78, 5) is 0. The molecule has 0 spiro atoms. The Morgan fingerprint density at radius 3 is 2.86 bits per heavy atom. The van der Waals surface area contributed by atoms with Crippen molar-refractivity contribution < 1.29 is 0 Å². The lowest BCUT2D eigenvalue weighted by Gasteiger charge is -1.98. The van der Waals surface area contributed by atoms with E-state index >= 15 is 0 Å². The smallest absolute Gasteiger partial charge is 0.0992 e. The van der Waals surface area contributed by atoms with E-state index in [0.717, 1.165) is 19.4 Å². The highest BCUT2D eigenvalue weighted by Crippen LogP contribution is 2.33. The zero-order chi connectivity index (χ0) is 10.1. The topological polar surface area (TPSA) is 23.8 Å². The molecule has 0 saturated carbocycles. The SMILES string of the molecule is N#Cc1cc(CCl)c2cc(Br)sc2c1. The molecule has 14 heavy (non-hydrogen) atoms. The number of fused-ring (bicyclic) bond motifs is 1. The van der Waals surface area contributed by atoms with Crippen LogP contribution < -0.4 is 0 Å². The summed E-state index contributed by atoms with van der Waals surface area (Å²) in [6, 6.07) is 7.91. The highest BCUT2D eigenvalue weighted by atomic mass is 79.9. The van der Waals surface area contributed by atoms with Crippen molar-refractivity contribution in [2.45, 2.75) is 5.88 Å². The van der Waals surface area contributed by atoms with Crippen LogP contribution in [0, 0.1) is 11.3 Å². The van der Waals surface area contributed by atoms with Crippen LogP contribution in [0.1, 0.15) is 11.1 Å². The molecule has 0 radical (unpaired) electrons. The van der Waals surface area contributed by atoms with Gasteiger partial charge in [-0.1, -0.05) is 0 Å². The Hall–Kier alpha value is -0.560. The molecule has 4 heteroatoms. The molecule has 0 aliphatic rings. The number of halogens is 2. The lowest BCUT2D eigenvalue weighted by molar-refractivity contribution is 1.42. The quantitative estimate of drug-likeness (QED) is 0.718. The zero-order valence-corrected chi connectivity index (χ0v) is 10.2. The van der Waals surface area contributed by atoms with Crippen LogP contribution >= 0.6 is 38.9 Å². The van der Waals surface area contributed by atoms with Gasteiger partial charge in [0.25, 0.3) is 0 Å². The molecular weight excluding hydrogens is 282 g/mol. The van der Waals surface area contributed by atoms with Gasteiger partial charge in [-0.3, -0.25) is 0 Å². The van der Waals surface area contributed by atoms with Crippen molar-refractivity contribution in [3.05, 3.63) is 33.1 Å². The first-order chi connectivity index (χ1) is 6.74. The summed E-state index contributed by atoms with van der Waals surface area (Å²) in [5, 5.41) is 9.96. The number of hydrogen-bond acceptors (Lipinski definition) is 2. The monoisotopic (exact) mass is 285 g/mol. The number of rotatable bonds is 1. The van der Waals surface area contributed by atoms with Crippen LogP contribution in [0.3, 0.4) is 0 Å². The Labute approximate surface area is 99.0 Å². The van der Waals surface area contributed by atoms with E-state index in [1.807, 2.05) is 18.2 Å². The average Bonchev–Trinajstić information content (AvgIpc) is 2.56. The molecule has 1 heterocycles. The van der Waals surface area contributed by atoms with Crippen LogP contribution in [0.15, 0.2) is 22.0 Å². The number of nitriles is 1. The van der Waals surface area contributed by atoms with Gasteiger partial charge in [0.1, 0.15) is 0 Å². The van der Waals surface area contributed by atoms with E-state index in [1.165, 1.54) is 0 Å². The fourth-order valence-electron chi connectivity index (χ4n) is 1.36. The Kier molecular flexibility index (Phi) is 2.78. The van der Waals surface area contributed by atoms with Crippen molar-refractivity contribution in [2.75, 3.05) is 0 Å². The van der Waals surface area contributed by atoms with Gasteiger partial charge in [0.15, 0.2) is 0 Å². The normalized spacial score (nSPS) is 10.4. The van der Waals surface area contributed by atoms with Crippen molar-refractivity contribution in [1.82, 2.24) is 0 Å². The van der Waals surface area contributed by atoms with Crippen molar-refractivity contribution >= 4 is 49.0 Å². The summed E-state index contributed by atoms with van der Waals surface area (Å²) in [6.45, 7) is 0. The maximum Gasteiger partial charge on any atom is 0.0992 e. The van der Waals surface area contributed by atoms with Crippen molar-refractivity contribution in [3.63, 3.8) is 0 Å². The Balaban J connectivity index is 2.80. The first kappa shape index (κ1) is 9.97. The third-order valence-electron chi connectivity index (χ3n) is 1.97. The minimum absolute atomic E-state index is 0.440. The predicted octanol–water partition coefficient (Wildman–Crippen LogP) is 4.27. The van der Waals surface area contributed by atoms with Crippen molar-refractivity contribution in [1.29, 1.82) is 5.26 Å². The Bertz CT molecular complexity index is 527. The van der Waals surface area contributed by atoms with E-state index in [0.29, 0.717) is 11.4 Å². The Morgan fingerprint density at radius 2 is 2.21 bits per heavy atom. The van der Waals surface area contributed by atoms with E-state index in [2.05, 4.69) is 22.0 Å². The summed E-state index contributed by atoms with van der Waals surface area (Å²) in [5.41, 5.74) is 1.69. The van der Waals surface area contributed by atoms with E-state index in [1.54, 1.807) is 11.3 Å². The minimum Gasteiger partial charge on any atom is -0.192 e. The molecule has 0 bridgehead atoms. The molecule has 2 aromatic rings. The molecule has 0 aliphatic heterocycles. The summed E-state index contributed by atoms with van der Waals surface area (Å²) in [5.74, 6) is 0.440. The molecule has 0 amide bonds. The number of hydrogen-bond donors (Lipinski definition) is 0. The third-order valence-corrected chi connectivity index (χ3v) is 3.84. The summed E-state index contributed by atoms with van der Waals surface area (Å²) < 4.78 is 2.17. The van der Waals surface area contributed by atoms with Gasteiger partial charge < -0.3 is 0 Å². The van der Waals surface area contributed by atoms with Gasteiger partial charge in [-0.05, 0) is 45.1 Å². The van der Waals surface area contributed by atoms with Crippen molar-refractivity contribution in [2.24, 2.45) is 0 Å². The fraction of sp³-hybridized carbons (Fsp3) is 0.100. The molecule has 0 saturated heterocycles. The molecule has 0 unspecified atom stereocenters. The minimum atomic E-state index is 0.440. The molecular formula is C10H5BrClNS. The van der Waals surface area contributed by atoms with E-state index < -0.39 is 0 Å². The maximum absolute atomic E-state index is 8.82. The first-order valence-corrected chi connectivity index (χ1v) is 6.07. The highest BCUT2D eigenvalue weighted by Gasteiger charge is 2.06. The fourth-order valence-corrected chi connectivity index (χ4v) is 3.20. The van der Waals surface area contributed by atoms with Crippen LogP contribution in [0.25, 0.3) is 10.1 Å². The molecule has 1 aromatic heterocycles. The first-order valence-electron chi connectivity index (χ1n) is 3.92. The van der Waals surface area contributed by atoms with Gasteiger partial charge in [-0.15, -0.1) is 22.9 Å². The molecule has 0 fully saturated rings. The van der Waals surface area contributed by atoms with Crippen LogP contribution in [0.5, 0.6) is 0 Å². The number of benzene rings is 1. The van der Waals surface area contributed by atoms with E-state index in [9.17, 15) is 0 Å². The third kappa shape index (κ3) is 1.66. The molecule has 2 rings (SSSR count). The standard InChI is InChI=1S/C10H5BrClNS/c11-10-3-8-7(4-12)1-6(5-13)2-9(8)14-10/h1-3H,4H2. The predicted molar refractivity (Wildman–Crippen MR) is 63.8 cm³/mol. The second-order valence-corrected chi connectivity index (χ2v) is 5.57. The van der Waals surface area contributed by atoms with Gasteiger partial charge >= 0.3 is 0 Å². The van der Waals surface area contributed by atoms with Gasteiger partial charge in [0.05, 0.1) is 15.4 Å². The molecule has 1 aromatic carbocycles. The lowest BCUT2D eigenvalue weighted by atomic mass is 10.1. The van der Waals surface area contributed by atoms with Gasteiger partial charge in [-0.25, -0.2) is 0 Å². The average molecular weight is 287 g/mol. The summed E-state index contributed by atoms with van der Waals surface area (Å²) >= 11 is 10.9. The largest absolute Gasteiger partial charge is 0.192 e. The Morgan fingerprint density at radius 1 is 1.43 bits per heavy atom. The molecule has 0 atom stereocenters. The molecule has 70 valence electrons. The van der Waals surface area contributed by atoms with Crippen LogP contribution in [-0.4, -0.2) is 0 Å². The molecule has 0 aliphatic carbocycles. The lowest BCUT2D eigenvalue weighted by Crippen LogP contribution is -1.81. The van der Waals surface area contributed by atoms with Gasteiger partial charge in [0, 0.05) is 10.6 Å². The van der Waals surface area contributed by atoms with Crippen LogP contribution in [0.4, 0.5) is 0 Å². The van der Waals surface area contributed by atoms with Gasteiger partial charge in [-0.2, -0.15) is 5.26 Å². The molecule has 0 N–H and O–H groups in total. The maximum atomic E-state index is 8.82. The number of alkyl halides is 1.